The Labute approximate surface area is 126 Å². The van der Waals surface area contributed by atoms with Crippen LogP contribution < -0.4 is 10.6 Å². The molecule has 0 spiro atoms. The molecule has 2 rings (SSSR count). The first-order chi connectivity index (χ1) is 10.1. The van der Waals surface area contributed by atoms with E-state index in [2.05, 4.69) is 22.5 Å². The van der Waals surface area contributed by atoms with Gasteiger partial charge < -0.3 is 15.5 Å². The van der Waals surface area contributed by atoms with E-state index >= 15 is 0 Å². The van der Waals surface area contributed by atoms with E-state index in [0.717, 1.165) is 18.1 Å². The summed E-state index contributed by atoms with van der Waals surface area (Å²) < 4.78 is 13.7. The van der Waals surface area contributed by atoms with Gasteiger partial charge in [0.25, 0.3) is 0 Å². The fourth-order valence-electron chi connectivity index (χ4n) is 2.10. The summed E-state index contributed by atoms with van der Waals surface area (Å²) in [6.07, 6.45) is 2.43. The van der Waals surface area contributed by atoms with Crippen molar-refractivity contribution < 1.29 is 4.39 Å². The molecule has 0 heterocycles. The molecule has 0 aliphatic heterocycles. The third kappa shape index (κ3) is 5.34. The molecule has 2 N–H and O–H groups in total. The monoisotopic (exact) mass is 292 g/mol. The van der Waals surface area contributed by atoms with E-state index in [1.807, 2.05) is 25.1 Å². The Balaban J connectivity index is 2.02. The van der Waals surface area contributed by atoms with Crippen LogP contribution in [0.25, 0.3) is 0 Å². The van der Waals surface area contributed by atoms with Crippen LogP contribution in [-0.2, 0) is 13.1 Å². The quantitative estimate of drug-likeness (QED) is 0.623. The van der Waals surface area contributed by atoms with Crippen molar-refractivity contribution in [3.05, 3.63) is 35.1 Å². The lowest BCUT2D eigenvalue weighted by atomic mass is 10.1. The molecular weight excluding hydrogens is 267 g/mol. The second kappa shape index (κ2) is 7.41. The zero-order valence-electron chi connectivity index (χ0n) is 13.1. The molecule has 116 valence electrons. The minimum atomic E-state index is -0.153. The van der Waals surface area contributed by atoms with Gasteiger partial charge in [0.15, 0.2) is 5.96 Å². The molecule has 4 nitrogen and oxygen atoms in total. The maximum absolute atomic E-state index is 13.7. The minimum absolute atomic E-state index is 0.153. The number of benzene rings is 1. The summed E-state index contributed by atoms with van der Waals surface area (Å²) in [5.74, 6) is 0.693. The van der Waals surface area contributed by atoms with Crippen LogP contribution in [0.2, 0.25) is 0 Å². The second-order valence-corrected chi connectivity index (χ2v) is 5.78. The molecule has 0 atom stereocenters. The summed E-state index contributed by atoms with van der Waals surface area (Å²) in [7, 11) is 3.88. The first-order valence-electron chi connectivity index (χ1n) is 7.55. The highest BCUT2D eigenvalue weighted by Gasteiger charge is 2.22. The third-order valence-corrected chi connectivity index (χ3v) is 3.28. The predicted molar refractivity (Wildman–Crippen MR) is 84.8 cm³/mol. The summed E-state index contributed by atoms with van der Waals surface area (Å²) in [5.41, 5.74) is 1.74. The highest BCUT2D eigenvalue weighted by molar-refractivity contribution is 5.80. The van der Waals surface area contributed by atoms with Gasteiger partial charge in [0.05, 0.1) is 6.54 Å². The van der Waals surface area contributed by atoms with E-state index in [-0.39, 0.29) is 5.82 Å². The molecule has 0 aromatic heterocycles. The van der Waals surface area contributed by atoms with E-state index in [9.17, 15) is 4.39 Å². The van der Waals surface area contributed by atoms with Crippen molar-refractivity contribution in [2.24, 2.45) is 4.99 Å². The van der Waals surface area contributed by atoms with Gasteiger partial charge in [0, 0.05) is 24.7 Å². The molecule has 0 radical (unpaired) electrons. The molecule has 5 heteroatoms. The van der Waals surface area contributed by atoms with Crippen LogP contribution >= 0.6 is 0 Å². The van der Waals surface area contributed by atoms with Gasteiger partial charge in [0.1, 0.15) is 5.82 Å². The number of nitrogens with one attached hydrogen (secondary N) is 2. The van der Waals surface area contributed by atoms with Crippen LogP contribution in [0.3, 0.4) is 0 Å². The zero-order valence-corrected chi connectivity index (χ0v) is 13.1. The second-order valence-electron chi connectivity index (χ2n) is 5.78. The minimum Gasteiger partial charge on any atom is -0.357 e. The van der Waals surface area contributed by atoms with Crippen molar-refractivity contribution in [1.29, 1.82) is 0 Å². The van der Waals surface area contributed by atoms with Gasteiger partial charge in [0.2, 0.25) is 0 Å². The van der Waals surface area contributed by atoms with Gasteiger partial charge in [-0.15, -0.1) is 0 Å². The van der Waals surface area contributed by atoms with E-state index in [1.165, 1.54) is 18.9 Å². The Morgan fingerprint density at radius 3 is 2.76 bits per heavy atom. The molecule has 1 aromatic rings. The van der Waals surface area contributed by atoms with Gasteiger partial charge in [-0.2, -0.15) is 0 Å². The van der Waals surface area contributed by atoms with Crippen molar-refractivity contribution in [3.63, 3.8) is 0 Å². The molecule has 1 saturated carbocycles. The normalized spacial score (nSPS) is 15.4. The Bertz CT molecular complexity index is 495. The van der Waals surface area contributed by atoms with Gasteiger partial charge in [-0.25, -0.2) is 9.38 Å². The molecule has 1 fully saturated rings. The summed E-state index contributed by atoms with van der Waals surface area (Å²) in [4.78, 5) is 6.53. The van der Waals surface area contributed by atoms with Crippen molar-refractivity contribution in [2.45, 2.75) is 38.9 Å². The maximum atomic E-state index is 13.7. The van der Waals surface area contributed by atoms with Gasteiger partial charge in [-0.3, -0.25) is 0 Å². The standard InChI is InChI=1S/C16H25FN4/c1-4-18-16(20-14-6-7-14)19-10-12-5-8-15(17)13(9-12)11-21(2)3/h5,8-9,14H,4,6-7,10-11H2,1-3H3,(H2,18,19,20). The lowest BCUT2D eigenvalue weighted by molar-refractivity contribution is 0.392. The third-order valence-electron chi connectivity index (χ3n) is 3.28. The molecule has 21 heavy (non-hydrogen) atoms. The largest absolute Gasteiger partial charge is 0.357 e. The number of hydrogen-bond donors (Lipinski definition) is 2. The van der Waals surface area contributed by atoms with Crippen LogP contribution in [-0.4, -0.2) is 37.5 Å². The number of halogens is 1. The van der Waals surface area contributed by atoms with Gasteiger partial charge in [-0.1, -0.05) is 6.07 Å². The van der Waals surface area contributed by atoms with Crippen molar-refractivity contribution in [1.82, 2.24) is 15.5 Å². The first-order valence-corrected chi connectivity index (χ1v) is 7.55. The summed E-state index contributed by atoms with van der Waals surface area (Å²) in [5, 5.41) is 6.62. The van der Waals surface area contributed by atoms with E-state index in [1.54, 1.807) is 6.07 Å². The summed E-state index contributed by atoms with van der Waals surface area (Å²) in [6.45, 7) is 4.05. The van der Waals surface area contributed by atoms with Crippen LogP contribution in [0.1, 0.15) is 30.9 Å². The Morgan fingerprint density at radius 2 is 2.14 bits per heavy atom. The van der Waals surface area contributed by atoms with E-state index < -0.39 is 0 Å². The molecule has 0 amide bonds. The number of guanidine groups is 1. The SMILES string of the molecule is CCNC(=NCc1ccc(F)c(CN(C)C)c1)NC1CC1. The highest BCUT2D eigenvalue weighted by atomic mass is 19.1. The highest BCUT2D eigenvalue weighted by Crippen LogP contribution is 2.18. The summed E-state index contributed by atoms with van der Waals surface area (Å²) in [6, 6.07) is 5.81. The topological polar surface area (TPSA) is 39.7 Å². The number of aliphatic imine (C=N–C) groups is 1. The van der Waals surface area contributed by atoms with Crippen molar-refractivity contribution in [3.8, 4) is 0 Å². The van der Waals surface area contributed by atoms with Crippen LogP contribution in [0.5, 0.6) is 0 Å². The fraction of sp³-hybridized carbons (Fsp3) is 0.562. The molecule has 1 aliphatic rings. The Hall–Kier alpha value is -1.62. The molecule has 0 bridgehead atoms. The number of hydrogen-bond acceptors (Lipinski definition) is 2. The Kier molecular flexibility index (Phi) is 5.56. The van der Waals surface area contributed by atoms with E-state index in [0.29, 0.717) is 24.7 Å². The number of nitrogens with zero attached hydrogens (tertiary/aromatic N) is 2. The molecule has 1 aliphatic carbocycles. The van der Waals surface area contributed by atoms with E-state index in [4.69, 9.17) is 0 Å². The molecule has 1 aromatic carbocycles. The first kappa shape index (κ1) is 15.8. The molecule has 0 unspecified atom stereocenters. The molecular formula is C16H25FN4. The average Bonchev–Trinajstić information content (AvgIpc) is 3.23. The van der Waals surface area contributed by atoms with Crippen LogP contribution in [0.15, 0.2) is 23.2 Å². The zero-order chi connectivity index (χ0) is 15.2. The lowest BCUT2D eigenvalue weighted by Gasteiger charge is -2.12. The fourth-order valence-corrected chi connectivity index (χ4v) is 2.10. The smallest absolute Gasteiger partial charge is 0.191 e. The molecule has 0 saturated heterocycles. The summed E-state index contributed by atoms with van der Waals surface area (Å²) >= 11 is 0. The lowest BCUT2D eigenvalue weighted by Crippen LogP contribution is -2.38. The van der Waals surface area contributed by atoms with Gasteiger partial charge in [-0.05, 0) is 51.6 Å². The Morgan fingerprint density at radius 1 is 1.38 bits per heavy atom. The van der Waals surface area contributed by atoms with Gasteiger partial charge >= 0.3 is 0 Å². The number of rotatable bonds is 6. The predicted octanol–water partition coefficient (Wildman–Crippen LogP) is 2.10. The van der Waals surface area contributed by atoms with Crippen LogP contribution in [0, 0.1) is 5.82 Å². The van der Waals surface area contributed by atoms with Crippen molar-refractivity contribution in [2.75, 3.05) is 20.6 Å². The van der Waals surface area contributed by atoms with Crippen LogP contribution in [0.4, 0.5) is 4.39 Å². The average molecular weight is 292 g/mol. The maximum Gasteiger partial charge on any atom is 0.191 e. The van der Waals surface area contributed by atoms with Crippen molar-refractivity contribution >= 4 is 5.96 Å².